The largest absolute Gasteiger partial charge is 0.330 e. The second-order valence-corrected chi connectivity index (χ2v) is 5.89. The molecule has 1 N–H and O–H groups in total. The molecule has 0 unspecified atom stereocenters. The molecule has 0 aromatic heterocycles. The Bertz CT molecular complexity index is 530. The van der Waals surface area contributed by atoms with Crippen molar-refractivity contribution in [3.63, 3.8) is 0 Å². The van der Waals surface area contributed by atoms with E-state index < -0.39 is 5.54 Å². The van der Waals surface area contributed by atoms with Crippen LogP contribution in [0.3, 0.4) is 0 Å². The number of aliphatic imine (C=N–C) groups is 1. The van der Waals surface area contributed by atoms with E-state index in [0.29, 0.717) is 45.1 Å². The minimum absolute atomic E-state index is 0.0513. The van der Waals surface area contributed by atoms with E-state index in [1.165, 1.54) is 4.90 Å². The van der Waals surface area contributed by atoms with E-state index >= 15 is 0 Å². The molecule has 3 aliphatic rings. The van der Waals surface area contributed by atoms with Gasteiger partial charge in [-0.2, -0.15) is 0 Å². The number of fused-ring (bicyclic) bond motifs is 1. The number of amides is 3. The first kappa shape index (κ1) is 14.0. The number of hydrogen-bond acceptors (Lipinski definition) is 4. The summed E-state index contributed by atoms with van der Waals surface area (Å²) in [6, 6.07) is 0. The molecule has 3 rings (SSSR count). The van der Waals surface area contributed by atoms with Gasteiger partial charge in [0.25, 0.3) is 0 Å². The summed E-state index contributed by atoms with van der Waals surface area (Å²) in [5.74, 6) is -0.210. The summed E-state index contributed by atoms with van der Waals surface area (Å²) in [7, 11) is 0. The Kier molecular flexibility index (Phi) is 3.61. The summed E-state index contributed by atoms with van der Waals surface area (Å²) in [6.07, 6.45) is 7.40. The lowest BCUT2D eigenvalue weighted by Gasteiger charge is -2.30. The van der Waals surface area contributed by atoms with Crippen LogP contribution < -0.4 is 5.32 Å². The number of allylic oxidation sites excluding steroid dienone is 1. The van der Waals surface area contributed by atoms with Gasteiger partial charge in [0.2, 0.25) is 17.7 Å². The van der Waals surface area contributed by atoms with Gasteiger partial charge in [0, 0.05) is 44.1 Å². The molecule has 0 aliphatic carbocycles. The van der Waals surface area contributed by atoms with Crippen molar-refractivity contribution < 1.29 is 14.4 Å². The molecule has 0 radical (unpaired) electrons. The first-order chi connectivity index (χ1) is 10.1. The van der Waals surface area contributed by atoms with Crippen molar-refractivity contribution in [3.8, 4) is 0 Å². The highest BCUT2D eigenvalue weighted by Crippen LogP contribution is 2.43. The molecule has 3 aliphatic heterocycles. The fraction of sp³-hybridized carbons (Fsp3) is 0.600. The molecule has 0 aromatic carbocycles. The zero-order chi connectivity index (χ0) is 14.9. The molecule has 2 saturated heterocycles. The van der Waals surface area contributed by atoms with Gasteiger partial charge in [-0.15, -0.1) is 0 Å². The molecule has 3 amide bonds. The van der Waals surface area contributed by atoms with Crippen LogP contribution in [-0.2, 0) is 14.4 Å². The van der Waals surface area contributed by atoms with E-state index in [1.807, 2.05) is 6.08 Å². The van der Waals surface area contributed by atoms with Crippen LogP contribution in [0.2, 0.25) is 0 Å². The van der Waals surface area contributed by atoms with Crippen molar-refractivity contribution in [2.75, 3.05) is 6.54 Å². The van der Waals surface area contributed by atoms with E-state index in [1.54, 1.807) is 6.21 Å². The topological polar surface area (TPSA) is 78.8 Å². The zero-order valence-electron chi connectivity index (χ0n) is 11.9. The normalized spacial score (nSPS) is 23.2. The number of rotatable bonds is 4. The van der Waals surface area contributed by atoms with Gasteiger partial charge in [-0.25, -0.2) is 0 Å². The predicted octanol–water partition coefficient (Wildman–Crippen LogP) is 0.923. The number of nitrogens with one attached hydrogen (secondary N) is 1. The second-order valence-electron chi connectivity index (χ2n) is 5.89. The highest BCUT2D eigenvalue weighted by molar-refractivity contribution is 6.00. The van der Waals surface area contributed by atoms with Gasteiger partial charge in [-0.05, 0) is 25.3 Å². The Balaban J connectivity index is 1.58. The predicted molar refractivity (Wildman–Crippen MR) is 76.5 cm³/mol. The molecule has 0 spiro atoms. The summed E-state index contributed by atoms with van der Waals surface area (Å²) >= 11 is 0. The van der Waals surface area contributed by atoms with Gasteiger partial charge in [0.05, 0.1) is 5.54 Å². The van der Waals surface area contributed by atoms with E-state index in [-0.39, 0.29) is 17.7 Å². The number of carbonyl (C=O) groups excluding carboxylic acids is 3. The maximum absolute atomic E-state index is 12.0. The average molecular weight is 289 g/mol. The Morgan fingerprint density at radius 1 is 1.24 bits per heavy atom. The van der Waals surface area contributed by atoms with Gasteiger partial charge >= 0.3 is 0 Å². The van der Waals surface area contributed by atoms with E-state index in [9.17, 15) is 14.4 Å². The van der Waals surface area contributed by atoms with Crippen LogP contribution in [-0.4, -0.2) is 40.9 Å². The molecule has 112 valence electrons. The van der Waals surface area contributed by atoms with Crippen molar-refractivity contribution in [3.05, 3.63) is 11.8 Å². The fourth-order valence-corrected chi connectivity index (χ4v) is 3.46. The first-order valence-corrected chi connectivity index (χ1v) is 7.45. The monoisotopic (exact) mass is 289 g/mol. The van der Waals surface area contributed by atoms with Gasteiger partial charge in [-0.3, -0.25) is 24.3 Å². The quantitative estimate of drug-likeness (QED) is 0.782. The Hall–Kier alpha value is -1.98. The first-order valence-electron chi connectivity index (χ1n) is 7.45. The van der Waals surface area contributed by atoms with Crippen LogP contribution in [0.1, 0.15) is 44.9 Å². The SMILES string of the molecule is O=C(CCC12CCC(=O)N1C(=O)CC2)NC1=CC=NCC1. The number of hydrogen-bond donors (Lipinski definition) is 1. The van der Waals surface area contributed by atoms with Crippen molar-refractivity contribution in [1.82, 2.24) is 10.2 Å². The molecular formula is C15H19N3O3. The molecule has 6 heteroatoms. The van der Waals surface area contributed by atoms with Crippen molar-refractivity contribution in [2.24, 2.45) is 4.99 Å². The maximum atomic E-state index is 12.0. The van der Waals surface area contributed by atoms with Crippen LogP contribution in [0.5, 0.6) is 0 Å². The maximum Gasteiger partial charge on any atom is 0.229 e. The van der Waals surface area contributed by atoms with Gasteiger partial charge in [0.1, 0.15) is 0 Å². The Labute approximate surface area is 123 Å². The van der Waals surface area contributed by atoms with Crippen molar-refractivity contribution in [1.29, 1.82) is 0 Å². The minimum atomic E-state index is -0.395. The molecule has 0 aromatic rings. The summed E-state index contributed by atoms with van der Waals surface area (Å²) in [4.78, 5) is 41.2. The smallest absolute Gasteiger partial charge is 0.229 e. The van der Waals surface area contributed by atoms with Crippen LogP contribution in [0, 0.1) is 0 Å². The lowest BCUT2D eigenvalue weighted by Crippen LogP contribution is -2.43. The third-order valence-corrected chi connectivity index (χ3v) is 4.59. The summed E-state index contributed by atoms with van der Waals surface area (Å²) in [5, 5.41) is 2.88. The Morgan fingerprint density at radius 2 is 1.95 bits per heavy atom. The van der Waals surface area contributed by atoms with E-state index in [2.05, 4.69) is 10.3 Å². The lowest BCUT2D eigenvalue weighted by molar-refractivity contribution is -0.143. The van der Waals surface area contributed by atoms with Crippen LogP contribution in [0.15, 0.2) is 16.8 Å². The third kappa shape index (κ3) is 2.62. The molecule has 0 atom stereocenters. The molecule has 21 heavy (non-hydrogen) atoms. The molecule has 3 heterocycles. The number of imide groups is 1. The summed E-state index contributed by atoms with van der Waals surface area (Å²) < 4.78 is 0. The second kappa shape index (κ2) is 5.42. The number of carbonyl (C=O) groups is 3. The standard InChI is InChI=1S/C15H19N3O3/c19-12(17-11-4-9-16-10-5-11)1-6-15-7-2-13(20)18(15)14(21)3-8-15/h4,9H,1-3,5-8,10H2,(H,17,19). The Morgan fingerprint density at radius 3 is 2.57 bits per heavy atom. The highest BCUT2D eigenvalue weighted by Gasteiger charge is 2.52. The molecule has 2 fully saturated rings. The lowest BCUT2D eigenvalue weighted by atomic mass is 9.88. The zero-order valence-corrected chi connectivity index (χ0v) is 11.9. The van der Waals surface area contributed by atoms with Gasteiger partial charge in [-0.1, -0.05) is 0 Å². The molecule has 0 bridgehead atoms. The van der Waals surface area contributed by atoms with Crippen LogP contribution in [0.4, 0.5) is 0 Å². The summed E-state index contributed by atoms with van der Waals surface area (Å²) in [6.45, 7) is 0.701. The molecule has 6 nitrogen and oxygen atoms in total. The number of nitrogens with zero attached hydrogens (tertiary/aromatic N) is 2. The van der Waals surface area contributed by atoms with Crippen molar-refractivity contribution in [2.45, 2.75) is 50.5 Å². The van der Waals surface area contributed by atoms with Gasteiger partial charge < -0.3 is 5.32 Å². The van der Waals surface area contributed by atoms with Crippen LogP contribution in [0.25, 0.3) is 0 Å². The average Bonchev–Trinajstić information content (AvgIpc) is 2.98. The fourth-order valence-electron chi connectivity index (χ4n) is 3.46. The van der Waals surface area contributed by atoms with Crippen LogP contribution >= 0.6 is 0 Å². The third-order valence-electron chi connectivity index (χ3n) is 4.59. The minimum Gasteiger partial charge on any atom is -0.330 e. The highest BCUT2D eigenvalue weighted by atomic mass is 16.2. The van der Waals surface area contributed by atoms with E-state index in [4.69, 9.17) is 0 Å². The molecular weight excluding hydrogens is 270 g/mol. The van der Waals surface area contributed by atoms with Gasteiger partial charge in [0.15, 0.2) is 0 Å². The molecule has 0 saturated carbocycles. The van der Waals surface area contributed by atoms with E-state index in [0.717, 1.165) is 12.1 Å². The summed E-state index contributed by atoms with van der Waals surface area (Å²) in [5.41, 5.74) is 0.489. The van der Waals surface area contributed by atoms with Crippen molar-refractivity contribution >= 4 is 23.9 Å². The number of dihydropyridines is 1.